The molecular formula is C7H9ClN2O2S. The van der Waals surface area contributed by atoms with Gasteiger partial charge in [-0.15, -0.1) is 0 Å². The Morgan fingerprint density at radius 3 is 2.38 bits per heavy atom. The third-order valence-electron chi connectivity index (χ3n) is 1.40. The monoisotopic (exact) mass is 220 g/mol. The van der Waals surface area contributed by atoms with E-state index in [2.05, 4.69) is 9.97 Å². The van der Waals surface area contributed by atoms with Gasteiger partial charge in [-0.3, -0.25) is 0 Å². The van der Waals surface area contributed by atoms with Gasteiger partial charge in [-0.05, 0) is 12.5 Å². The molecule has 0 radical (unpaired) electrons. The third kappa shape index (κ3) is 4.19. The van der Waals surface area contributed by atoms with Crippen molar-refractivity contribution in [2.75, 3.05) is 5.75 Å². The van der Waals surface area contributed by atoms with Crippen LogP contribution in [0.25, 0.3) is 0 Å². The van der Waals surface area contributed by atoms with E-state index in [1.807, 2.05) is 6.92 Å². The summed E-state index contributed by atoms with van der Waals surface area (Å²) in [5.74, 6) is 0.368. The largest absolute Gasteiger partial charge is 0.241 e. The van der Waals surface area contributed by atoms with Crippen molar-refractivity contribution in [2.24, 2.45) is 0 Å². The number of aryl methyl sites for hydroxylation is 2. The smallest absolute Gasteiger partial charge is 0.233 e. The van der Waals surface area contributed by atoms with Gasteiger partial charge < -0.3 is 0 Å². The summed E-state index contributed by atoms with van der Waals surface area (Å²) >= 11 is 0. The fraction of sp³-hybridized carbons (Fsp3) is 0.429. The molecule has 13 heavy (non-hydrogen) atoms. The summed E-state index contributed by atoms with van der Waals surface area (Å²) in [7, 11) is 1.59. The predicted octanol–water partition coefficient (Wildman–Crippen LogP) is 0.896. The topological polar surface area (TPSA) is 59.9 Å². The van der Waals surface area contributed by atoms with E-state index in [1.165, 1.54) is 0 Å². The van der Waals surface area contributed by atoms with E-state index in [0.29, 0.717) is 5.82 Å². The lowest BCUT2D eigenvalue weighted by molar-refractivity contribution is 0.608. The van der Waals surface area contributed by atoms with Crippen molar-refractivity contribution in [3.63, 3.8) is 0 Å². The van der Waals surface area contributed by atoms with E-state index in [1.54, 1.807) is 12.4 Å². The molecule has 4 nitrogen and oxygen atoms in total. The molecule has 0 saturated carbocycles. The van der Waals surface area contributed by atoms with E-state index >= 15 is 0 Å². The van der Waals surface area contributed by atoms with Crippen LogP contribution in [0.1, 0.15) is 11.4 Å². The lowest BCUT2D eigenvalue weighted by Crippen LogP contribution is -2.04. The van der Waals surface area contributed by atoms with Crippen LogP contribution in [0.3, 0.4) is 0 Å². The zero-order valence-corrected chi connectivity index (χ0v) is 8.64. The van der Waals surface area contributed by atoms with Crippen molar-refractivity contribution in [3.05, 3.63) is 23.8 Å². The molecule has 1 aromatic heterocycles. The molecule has 1 heterocycles. The molecule has 72 valence electrons. The molecule has 0 N–H and O–H groups in total. The first-order valence-corrected chi connectivity index (χ1v) is 6.15. The Kier molecular flexibility index (Phi) is 3.22. The molecule has 0 amide bonds. The highest BCUT2D eigenvalue weighted by molar-refractivity contribution is 8.13. The van der Waals surface area contributed by atoms with E-state index < -0.39 is 9.05 Å². The SMILES string of the molecule is Cc1cnc(CCS(=O)(=O)Cl)nc1. The molecule has 0 spiro atoms. The summed E-state index contributed by atoms with van der Waals surface area (Å²) in [5, 5.41) is 0. The molecule has 0 aliphatic rings. The van der Waals surface area contributed by atoms with E-state index in [0.717, 1.165) is 5.56 Å². The summed E-state index contributed by atoms with van der Waals surface area (Å²) in [6.45, 7) is 1.86. The van der Waals surface area contributed by atoms with Crippen LogP contribution >= 0.6 is 10.7 Å². The number of nitrogens with zero attached hydrogens (tertiary/aromatic N) is 2. The second kappa shape index (κ2) is 4.02. The van der Waals surface area contributed by atoms with Crippen LogP contribution in [0.4, 0.5) is 0 Å². The minimum Gasteiger partial charge on any atom is -0.241 e. The standard InChI is InChI=1S/C7H9ClN2O2S/c1-6-4-9-7(10-5-6)2-3-13(8,11)12/h4-5H,2-3H2,1H3. The summed E-state index contributed by atoms with van der Waals surface area (Å²) in [5.41, 5.74) is 0.942. The first-order chi connectivity index (χ1) is 5.97. The van der Waals surface area contributed by atoms with Crippen LogP contribution in [0, 0.1) is 6.92 Å². The maximum atomic E-state index is 10.6. The van der Waals surface area contributed by atoms with Crippen molar-refractivity contribution >= 4 is 19.7 Å². The van der Waals surface area contributed by atoms with E-state index in [-0.39, 0.29) is 12.2 Å². The second-order valence-electron chi connectivity index (χ2n) is 2.67. The summed E-state index contributed by atoms with van der Waals surface area (Å²) in [4.78, 5) is 7.89. The van der Waals surface area contributed by atoms with Gasteiger partial charge in [-0.1, -0.05) is 0 Å². The van der Waals surface area contributed by atoms with Crippen molar-refractivity contribution in [2.45, 2.75) is 13.3 Å². The van der Waals surface area contributed by atoms with Gasteiger partial charge in [-0.25, -0.2) is 18.4 Å². The Morgan fingerprint density at radius 2 is 1.92 bits per heavy atom. The molecule has 0 aliphatic carbocycles. The first kappa shape index (κ1) is 10.4. The highest BCUT2D eigenvalue weighted by atomic mass is 35.7. The van der Waals surface area contributed by atoms with Gasteiger partial charge in [-0.2, -0.15) is 0 Å². The maximum absolute atomic E-state index is 10.6. The predicted molar refractivity (Wildman–Crippen MR) is 50.1 cm³/mol. The number of hydrogen-bond donors (Lipinski definition) is 0. The Hall–Kier alpha value is -0.680. The van der Waals surface area contributed by atoms with Gasteiger partial charge in [0.15, 0.2) is 0 Å². The zero-order valence-electron chi connectivity index (χ0n) is 7.07. The number of hydrogen-bond acceptors (Lipinski definition) is 4. The molecule has 0 bridgehead atoms. The number of rotatable bonds is 3. The first-order valence-electron chi connectivity index (χ1n) is 3.67. The quantitative estimate of drug-likeness (QED) is 0.710. The Morgan fingerprint density at radius 1 is 1.38 bits per heavy atom. The Labute approximate surface area is 81.4 Å². The second-order valence-corrected chi connectivity index (χ2v) is 5.57. The molecule has 0 aliphatic heterocycles. The third-order valence-corrected chi connectivity index (χ3v) is 2.56. The van der Waals surface area contributed by atoms with Crippen LogP contribution in [-0.2, 0) is 15.5 Å². The van der Waals surface area contributed by atoms with Gasteiger partial charge >= 0.3 is 0 Å². The van der Waals surface area contributed by atoms with Gasteiger partial charge in [0.05, 0.1) is 5.75 Å². The molecule has 6 heteroatoms. The maximum Gasteiger partial charge on any atom is 0.233 e. The molecule has 1 rings (SSSR count). The molecule has 0 unspecified atom stereocenters. The fourth-order valence-corrected chi connectivity index (χ4v) is 1.42. The molecule has 1 aromatic rings. The van der Waals surface area contributed by atoms with E-state index in [4.69, 9.17) is 10.7 Å². The van der Waals surface area contributed by atoms with Gasteiger partial charge in [0.1, 0.15) is 5.82 Å². The van der Waals surface area contributed by atoms with Crippen LogP contribution in [0.5, 0.6) is 0 Å². The highest BCUT2D eigenvalue weighted by Gasteiger charge is 2.06. The van der Waals surface area contributed by atoms with Gasteiger partial charge in [0, 0.05) is 29.5 Å². The summed E-state index contributed by atoms with van der Waals surface area (Å²) < 4.78 is 21.2. The lowest BCUT2D eigenvalue weighted by Gasteiger charge is -1.97. The van der Waals surface area contributed by atoms with Crippen LogP contribution in [-0.4, -0.2) is 24.1 Å². The van der Waals surface area contributed by atoms with Crippen LogP contribution < -0.4 is 0 Å². The number of halogens is 1. The average molecular weight is 221 g/mol. The van der Waals surface area contributed by atoms with Crippen molar-refractivity contribution in [1.29, 1.82) is 0 Å². The summed E-state index contributed by atoms with van der Waals surface area (Å²) in [6, 6.07) is 0. The molecule has 0 saturated heterocycles. The van der Waals surface area contributed by atoms with Crippen molar-refractivity contribution < 1.29 is 8.42 Å². The minimum absolute atomic E-state index is 0.127. The van der Waals surface area contributed by atoms with Gasteiger partial charge in [0.25, 0.3) is 0 Å². The van der Waals surface area contributed by atoms with Crippen molar-refractivity contribution in [1.82, 2.24) is 9.97 Å². The van der Waals surface area contributed by atoms with E-state index in [9.17, 15) is 8.42 Å². The Balaban J connectivity index is 2.61. The lowest BCUT2D eigenvalue weighted by atomic mass is 10.4. The Bertz CT molecular complexity index is 374. The van der Waals surface area contributed by atoms with Crippen molar-refractivity contribution in [3.8, 4) is 0 Å². The summed E-state index contributed by atoms with van der Waals surface area (Å²) in [6.07, 6.45) is 3.54. The average Bonchev–Trinajstić information content (AvgIpc) is 2.02. The zero-order chi connectivity index (χ0) is 9.90. The number of aromatic nitrogens is 2. The minimum atomic E-state index is -3.44. The molecular weight excluding hydrogens is 212 g/mol. The molecule has 0 fully saturated rings. The molecule has 0 aromatic carbocycles. The highest BCUT2D eigenvalue weighted by Crippen LogP contribution is 2.01. The van der Waals surface area contributed by atoms with Gasteiger partial charge in [0.2, 0.25) is 9.05 Å². The van der Waals surface area contributed by atoms with Crippen LogP contribution in [0.2, 0.25) is 0 Å². The molecule has 0 atom stereocenters. The van der Waals surface area contributed by atoms with Crippen LogP contribution in [0.15, 0.2) is 12.4 Å². The normalized spacial score (nSPS) is 11.5. The fourth-order valence-electron chi connectivity index (χ4n) is 0.762.